The highest BCUT2D eigenvalue weighted by Gasteiger charge is 2.30. The summed E-state index contributed by atoms with van der Waals surface area (Å²) in [5, 5.41) is 16.7. The molecule has 1 unspecified atom stereocenters. The van der Waals surface area contributed by atoms with E-state index in [0.29, 0.717) is 23.7 Å². The van der Waals surface area contributed by atoms with Crippen LogP contribution in [-0.4, -0.2) is 56.1 Å². The van der Waals surface area contributed by atoms with Crippen molar-refractivity contribution in [1.29, 1.82) is 0 Å². The number of hydrogen-bond donors (Lipinski definition) is 2. The summed E-state index contributed by atoms with van der Waals surface area (Å²) in [6.45, 7) is 1.45. The van der Waals surface area contributed by atoms with Crippen molar-refractivity contribution >= 4 is 23.4 Å². The second-order valence-electron chi connectivity index (χ2n) is 8.40. The van der Waals surface area contributed by atoms with E-state index in [1.54, 1.807) is 4.52 Å². The van der Waals surface area contributed by atoms with Crippen LogP contribution in [0.2, 0.25) is 0 Å². The molecule has 0 spiro atoms. The van der Waals surface area contributed by atoms with Crippen molar-refractivity contribution < 1.29 is 14.7 Å². The Balaban J connectivity index is 1.37. The molecule has 3 heterocycles. The number of pyridine rings is 1. The number of carbonyl (C=O) groups is 2. The number of aliphatic hydroxyl groups excluding tert-OH is 1. The van der Waals surface area contributed by atoms with Gasteiger partial charge in [0.2, 0.25) is 11.9 Å². The molecule has 2 N–H and O–H groups in total. The summed E-state index contributed by atoms with van der Waals surface area (Å²) in [4.78, 5) is 31.1. The zero-order chi connectivity index (χ0) is 21.4. The van der Waals surface area contributed by atoms with Gasteiger partial charge in [-0.1, -0.05) is 18.2 Å². The van der Waals surface area contributed by atoms with Crippen LogP contribution in [0.3, 0.4) is 0 Å². The molecule has 8 nitrogen and oxygen atoms in total. The maximum Gasteiger partial charge on any atom is 0.253 e. The fraction of sp³-hybridized carbons (Fsp3) is 0.391. The summed E-state index contributed by atoms with van der Waals surface area (Å²) >= 11 is 0. The Kier molecular flexibility index (Phi) is 5.15. The lowest BCUT2D eigenvalue weighted by molar-refractivity contribution is -0.117. The monoisotopic (exact) mass is 419 g/mol. The van der Waals surface area contributed by atoms with Crippen LogP contribution in [0.25, 0.3) is 16.9 Å². The number of carbonyl (C=O) groups excluding carboxylic acids is 2. The lowest BCUT2D eigenvalue weighted by atomic mass is 9.98. The van der Waals surface area contributed by atoms with E-state index in [-0.39, 0.29) is 30.3 Å². The van der Waals surface area contributed by atoms with Gasteiger partial charge in [0.15, 0.2) is 5.65 Å². The van der Waals surface area contributed by atoms with Gasteiger partial charge in [0, 0.05) is 36.7 Å². The minimum Gasteiger partial charge on any atom is -0.396 e. The van der Waals surface area contributed by atoms with Crippen molar-refractivity contribution in [3.8, 4) is 11.3 Å². The van der Waals surface area contributed by atoms with E-state index in [1.807, 2.05) is 47.4 Å². The quantitative estimate of drug-likeness (QED) is 0.662. The predicted molar refractivity (Wildman–Crippen MR) is 115 cm³/mol. The van der Waals surface area contributed by atoms with Gasteiger partial charge >= 0.3 is 0 Å². The van der Waals surface area contributed by atoms with Crippen LogP contribution in [0.4, 0.5) is 5.95 Å². The molecule has 2 amide bonds. The Morgan fingerprint density at radius 1 is 1.10 bits per heavy atom. The number of nitrogens with zero attached hydrogens (tertiary/aromatic N) is 4. The van der Waals surface area contributed by atoms with Crippen molar-refractivity contribution in [2.24, 2.45) is 11.8 Å². The lowest BCUT2D eigenvalue weighted by Gasteiger charge is -2.31. The summed E-state index contributed by atoms with van der Waals surface area (Å²) in [6, 6.07) is 13.1. The third-order valence-corrected chi connectivity index (χ3v) is 6.03. The minimum absolute atomic E-state index is 0.00580. The van der Waals surface area contributed by atoms with Crippen molar-refractivity contribution in [3.05, 3.63) is 48.0 Å². The van der Waals surface area contributed by atoms with Gasteiger partial charge < -0.3 is 10.0 Å². The zero-order valence-electron chi connectivity index (χ0n) is 17.2. The molecule has 1 saturated carbocycles. The number of likely N-dealkylation sites (tertiary alicyclic amines) is 1. The predicted octanol–water partition coefficient (Wildman–Crippen LogP) is 2.59. The van der Waals surface area contributed by atoms with Crippen LogP contribution in [-0.2, 0) is 4.79 Å². The minimum atomic E-state index is -0.0264. The summed E-state index contributed by atoms with van der Waals surface area (Å²) in [7, 11) is 0. The van der Waals surface area contributed by atoms with E-state index >= 15 is 0 Å². The van der Waals surface area contributed by atoms with Crippen molar-refractivity contribution in [2.75, 3.05) is 25.0 Å². The first-order valence-electron chi connectivity index (χ1n) is 10.8. The zero-order valence-corrected chi connectivity index (χ0v) is 17.2. The van der Waals surface area contributed by atoms with Gasteiger partial charge in [-0.05, 0) is 55.9 Å². The lowest BCUT2D eigenvalue weighted by Crippen LogP contribution is -2.40. The highest BCUT2D eigenvalue weighted by molar-refractivity contribution is 5.95. The maximum atomic E-state index is 12.9. The van der Waals surface area contributed by atoms with Crippen molar-refractivity contribution in [3.63, 3.8) is 0 Å². The molecule has 8 heteroatoms. The van der Waals surface area contributed by atoms with E-state index in [4.69, 9.17) is 0 Å². The molecule has 160 valence electrons. The number of nitrogens with one attached hydrogen (secondary N) is 1. The molecule has 5 rings (SSSR count). The Morgan fingerprint density at radius 2 is 1.90 bits per heavy atom. The van der Waals surface area contributed by atoms with Crippen molar-refractivity contribution in [2.45, 2.75) is 25.7 Å². The Hall–Kier alpha value is -3.26. The van der Waals surface area contributed by atoms with E-state index in [1.165, 1.54) is 0 Å². The van der Waals surface area contributed by atoms with Gasteiger partial charge in [0.05, 0.1) is 5.69 Å². The first kappa shape index (κ1) is 19.7. The van der Waals surface area contributed by atoms with Crippen LogP contribution in [0.15, 0.2) is 42.5 Å². The SMILES string of the molecule is O=C(Nc1nc2cccc(-c3ccc(C(=O)N4CCCC(CO)C4)cc3)n2n1)C1CC1. The molecule has 2 aromatic heterocycles. The number of fused-ring (bicyclic) bond motifs is 1. The highest BCUT2D eigenvalue weighted by Crippen LogP contribution is 2.30. The molecule has 2 fully saturated rings. The maximum absolute atomic E-state index is 12.9. The summed E-state index contributed by atoms with van der Waals surface area (Å²) < 4.78 is 1.70. The van der Waals surface area contributed by atoms with Crippen LogP contribution >= 0.6 is 0 Å². The summed E-state index contributed by atoms with van der Waals surface area (Å²) in [5.74, 6) is 0.523. The molecule has 1 saturated heterocycles. The average molecular weight is 419 g/mol. The number of aromatic nitrogens is 3. The molecule has 0 radical (unpaired) electrons. The Bertz CT molecular complexity index is 1120. The molecule has 1 atom stereocenters. The van der Waals surface area contributed by atoms with E-state index in [2.05, 4.69) is 15.4 Å². The largest absolute Gasteiger partial charge is 0.396 e. The molecular formula is C23H25N5O3. The van der Waals surface area contributed by atoms with E-state index < -0.39 is 0 Å². The molecule has 1 aromatic carbocycles. The summed E-state index contributed by atoms with van der Waals surface area (Å²) in [6.07, 6.45) is 3.73. The van der Waals surface area contributed by atoms with Crippen LogP contribution in [0.1, 0.15) is 36.0 Å². The van der Waals surface area contributed by atoms with Gasteiger partial charge in [-0.2, -0.15) is 4.98 Å². The van der Waals surface area contributed by atoms with Gasteiger partial charge in [-0.3, -0.25) is 14.9 Å². The third-order valence-electron chi connectivity index (χ3n) is 6.03. The number of aliphatic hydroxyl groups is 1. The average Bonchev–Trinajstić information content (AvgIpc) is 3.58. The molecule has 1 aliphatic heterocycles. The first-order valence-corrected chi connectivity index (χ1v) is 10.8. The van der Waals surface area contributed by atoms with E-state index in [0.717, 1.165) is 43.5 Å². The molecular weight excluding hydrogens is 394 g/mol. The summed E-state index contributed by atoms with van der Waals surface area (Å²) in [5.41, 5.74) is 3.01. The third kappa shape index (κ3) is 4.03. The van der Waals surface area contributed by atoms with Gasteiger partial charge in [0.25, 0.3) is 5.91 Å². The fourth-order valence-corrected chi connectivity index (χ4v) is 4.10. The Morgan fingerprint density at radius 3 is 2.65 bits per heavy atom. The number of rotatable bonds is 5. The topological polar surface area (TPSA) is 99.8 Å². The van der Waals surface area contributed by atoms with Gasteiger partial charge in [0.1, 0.15) is 0 Å². The Labute approximate surface area is 179 Å². The molecule has 3 aromatic rings. The first-order chi connectivity index (χ1) is 15.1. The molecule has 31 heavy (non-hydrogen) atoms. The number of anilines is 1. The highest BCUT2D eigenvalue weighted by atomic mass is 16.3. The molecule has 2 aliphatic rings. The second kappa shape index (κ2) is 8.11. The number of piperidine rings is 1. The number of benzene rings is 1. The number of amides is 2. The van der Waals surface area contributed by atoms with E-state index in [9.17, 15) is 14.7 Å². The standard InChI is InChI=1S/C23H25N5O3/c29-14-15-3-2-12-27(13-15)22(31)18-10-6-16(7-11-18)19-4-1-5-20-24-23(26-28(19)20)25-21(30)17-8-9-17/h1,4-7,10-11,15,17,29H,2-3,8-9,12-14H2,(H,25,26,30). The van der Waals surface area contributed by atoms with Crippen LogP contribution in [0, 0.1) is 11.8 Å². The van der Waals surface area contributed by atoms with Crippen molar-refractivity contribution in [1.82, 2.24) is 19.5 Å². The fourth-order valence-electron chi connectivity index (χ4n) is 4.10. The molecule has 1 aliphatic carbocycles. The van der Waals surface area contributed by atoms with Gasteiger partial charge in [-0.15, -0.1) is 5.10 Å². The second-order valence-corrected chi connectivity index (χ2v) is 8.40. The van der Waals surface area contributed by atoms with Crippen LogP contribution < -0.4 is 5.32 Å². The molecule has 0 bridgehead atoms. The van der Waals surface area contributed by atoms with Crippen LogP contribution in [0.5, 0.6) is 0 Å². The smallest absolute Gasteiger partial charge is 0.253 e. The normalized spacial score (nSPS) is 18.9. The van der Waals surface area contributed by atoms with Gasteiger partial charge in [-0.25, -0.2) is 4.52 Å². The number of hydrogen-bond acceptors (Lipinski definition) is 5.